The van der Waals surface area contributed by atoms with E-state index in [2.05, 4.69) is 5.32 Å². The fourth-order valence-corrected chi connectivity index (χ4v) is 1.77. The van der Waals surface area contributed by atoms with E-state index in [1.165, 1.54) is 0 Å². The first kappa shape index (κ1) is 13.5. The standard InChI is InChI=1S/C11H17N3O3/c1-7(2-4-12)9(10(13)15)14-11(16)8-3-5-17-6-8/h7-9H,2-3,5-6H2,1H3,(H2,13,15)(H,14,16)/t7-,8-,9+/m1/s1. The lowest BCUT2D eigenvalue weighted by Crippen LogP contribution is -2.50. The maximum Gasteiger partial charge on any atom is 0.240 e. The van der Waals surface area contributed by atoms with Gasteiger partial charge in [0.15, 0.2) is 0 Å². The van der Waals surface area contributed by atoms with Gasteiger partial charge in [0, 0.05) is 13.0 Å². The molecule has 1 fully saturated rings. The minimum atomic E-state index is -0.789. The molecule has 0 aromatic rings. The minimum Gasteiger partial charge on any atom is -0.381 e. The highest BCUT2D eigenvalue weighted by Crippen LogP contribution is 2.14. The Kier molecular flexibility index (Phi) is 4.91. The molecular weight excluding hydrogens is 222 g/mol. The summed E-state index contributed by atoms with van der Waals surface area (Å²) in [6, 6.07) is 1.17. The summed E-state index contributed by atoms with van der Waals surface area (Å²) >= 11 is 0. The second-order valence-electron chi connectivity index (χ2n) is 4.29. The van der Waals surface area contributed by atoms with Crippen LogP contribution in [0.15, 0.2) is 0 Å². The van der Waals surface area contributed by atoms with Crippen LogP contribution in [0.4, 0.5) is 0 Å². The number of ether oxygens (including phenoxy) is 1. The Bertz CT molecular complexity index is 331. The van der Waals surface area contributed by atoms with Crippen LogP contribution in [0.1, 0.15) is 19.8 Å². The molecule has 0 aromatic carbocycles. The smallest absolute Gasteiger partial charge is 0.240 e. The van der Waals surface area contributed by atoms with Crippen molar-refractivity contribution < 1.29 is 14.3 Å². The molecule has 3 N–H and O–H groups in total. The summed E-state index contributed by atoms with van der Waals surface area (Å²) < 4.78 is 5.10. The Morgan fingerprint density at radius 3 is 2.82 bits per heavy atom. The van der Waals surface area contributed by atoms with Gasteiger partial charge in [0.05, 0.1) is 18.6 Å². The first-order chi connectivity index (χ1) is 8.06. The molecule has 0 radical (unpaired) electrons. The molecule has 1 heterocycles. The van der Waals surface area contributed by atoms with Crippen LogP contribution >= 0.6 is 0 Å². The van der Waals surface area contributed by atoms with Crippen LogP contribution in [0.3, 0.4) is 0 Å². The molecule has 17 heavy (non-hydrogen) atoms. The second-order valence-corrected chi connectivity index (χ2v) is 4.29. The van der Waals surface area contributed by atoms with Crippen LogP contribution in [0.5, 0.6) is 0 Å². The average Bonchev–Trinajstić information content (AvgIpc) is 2.78. The van der Waals surface area contributed by atoms with Crippen molar-refractivity contribution in [2.75, 3.05) is 13.2 Å². The Hall–Kier alpha value is -1.61. The number of nitrogens with zero attached hydrogens (tertiary/aromatic N) is 1. The van der Waals surface area contributed by atoms with Crippen LogP contribution < -0.4 is 11.1 Å². The van der Waals surface area contributed by atoms with E-state index in [0.29, 0.717) is 19.6 Å². The number of nitrogens with one attached hydrogen (secondary N) is 1. The predicted molar refractivity (Wildman–Crippen MR) is 59.4 cm³/mol. The Labute approximate surface area is 100 Å². The van der Waals surface area contributed by atoms with E-state index in [1.54, 1.807) is 6.92 Å². The molecule has 0 spiro atoms. The summed E-state index contributed by atoms with van der Waals surface area (Å²) in [5.74, 6) is -1.34. The molecule has 2 amide bonds. The highest BCUT2D eigenvalue weighted by atomic mass is 16.5. The van der Waals surface area contributed by atoms with E-state index in [4.69, 9.17) is 15.7 Å². The van der Waals surface area contributed by atoms with E-state index in [1.807, 2.05) is 6.07 Å². The van der Waals surface area contributed by atoms with Gasteiger partial charge in [0.2, 0.25) is 11.8 Å². The number of carbonyl (C=O) groups is 2. The normalized spacial score (nSPS) is 22.5. The van der Waals surface area contributed by atoms with E-state index >= 15 is 0 Å². The van der Waals surface area contributed by atoms with Crippen LogP contribution in [0, 0.1) is 23.2 Å². The van der Waals surface area contributed by atoms with Gasteiger partial charge in [-0.2, -0.15) is 5.26 Å². The van der Waals surface area contributed by atoms with E-state index in [0.717, 1.165) is 0 Å². The molecular formula is C11H17N3O3. The van der Waals surface area contributed by atoms with Crippen molar-refractivity contribution in [2.45, 2.75) is 25.8 Å². The van der Waals surface area contributed by atoms with E-state index in [9.17, 15) is 9.59 Å². The third-order valence-electron chi connectivity index (χ3n) is 2.89. The molecule has 6 heteroatoms. The molecule has 1 saturated heterocycles. The van der Waals surface area contributed by atoms with Gasteiger partial charge in [-0.1, -0.05) is 6.92 Å². The van der Waals surface area contributed by atoms with Gasteiger partial charge in [0.1, 0.15) is 6.04 Å². The molecule has 1 rings (SSSR count). The fraction of sp³-hybridized carbons (Fsp3) is 0.727. The van der Waals surface area contributed by atoms with E-state index in [-0.39, 0.29) is 24.2 Å². The number of nitriles is 1. The molecule has 94 valence electrons. The zero-order chi connectivity index (χ0) is 12.8. The third kappa shape index (κ3) is 3.71. The molecule has 0 unspecified atom stereocenters. The van der Waals surface area contributed by atoms with Crippen LogP contribution in [-0.4, -0.2) is 31.1 Å². The zero-order valence-corrected chi connectivity index (χ0v) is 9.81. The number of hydrogen-bond acceptors (Lipinski definition) is 4. The molecule has 1 aliphatic heterocycles. The number of carbonyl (C=O) groups excluding carboxylic acids is 2. The highest BCUT2D eigenvalue weighted by molar-refractivity contribution is 5.87. The monoisotopic (exact) mass is 239 g/mol. The van der Waals surface area contributed by atoms with Crippen LogP contribution in [0.2, 0.25) is 0 Å². The number of primary amides is 1. The van der Waals surface area contributed by atoms with Crippen molar-refractivity contribution in [3.05, 3.63) is 0 Å². The highest BCUT2D eigenvalue weighted by Gasteiger charge is 2.29. The number of amides is 2. The van der Waals surface area contributed by atoms with Gasteiger partial charge in [-0.15, -0.1) is 0 Å². The van der Waals surface area contributed by atoms with Gasteiger partial charge in [0.25, 0.3) is 0 Å². The Balaban J connectivity index is 2.57. The maximum atomic E-state index is 11.8. The summed E-state index contributed by atoms with van der Waals surface area (Å²) in [6.07, 6.45) is 0.832. The van der Waals surface area contributed by atoms with Gasteiger partial charge < -0.3 is 15.8 Å². The summed E-state index contributed by atoms with van der Waals surface area (Å²) in [5, 5.41) is 11.2. The second kappa shape index (κ2) is 6.21. The van der Waals surface area contributed by atoms with Crippen molar-refractivity contribution in [1.29, 1.82) is 5.26 Å². The van der Waals surface area contributed by atoms with Crippen LogP contribution in [0.25, 0.3) is 0 Å². The van der Waals surface area contributed by atoms with Crippen molar-refractivity contribution in [2.24, 2.45) is 17.6 Å². The minimum absolute atomic E-state index is 0.176. The molecule has 0 bridgehead atoms. The maximum absolute atomic E-state index is 11.8. The lowest BCUT2D eigenvalue weighted by atomic mass is 9.97. The summed E-state index contributed by atoms with van der Waals surface area (Å²) in [7, 11) is 0. The number of hydrogen-bond donors (Lipinski definition) is 2. The van der Waals surface area contributed by atoms with Crippen molar-refractivity contribution >= 4 is 11.8 Å². The first-order valence-electron chi connectivity index (χ1n) is 5.60. The lowest BCUT2D eigenvalue weighted by molar-refractivity contribution is -0.130. The Morgan fingerprint density at radius 1 is 1.65 bits per heavy atom. The van der Waals surface area contributed by atoms with Crippen molar-refractivity contribution in [3.8, 4) is 6.07 Å². The molecule has 6 nitrogen and oxygen atoms in total. The first-order valence-corrected chi connectivity index (χ1v) is 5.60. The Morgan fingerprint density at radius 2 is 2.35 bits per heavy atom. The number of nitrogens with two attached hydrogens (primary N) is 1. The largest absolute Gasteiger partial charge is 0.381 e. The molecule has 0 saturated carbocycles. The quantitative estimate of drug-likeness (QED) is 0.677. The molecule has 3 atom stereocenters. The average molecular weight is 239 g/mol. The summed E-state index contributed by atoms with van der Waals surface area (Å²) in [6.45, 7) is 2.65. The molecule has 0 aliphatic carbocycles. The lowest BCUT2D eigenvalue weighted by Gasteiger charge is -2.21. The van der Waals surface area contributed by atoms with Gasteiger partial charge in [-0.05, 0) is 12.3 Å². The fourth-order valence-electron chi connectivity index (χ4n) is 1.77. The zero-order valence-electron chi connectivity index (χ0n) is 9.81. The van der Waals surface area contributed by atoms with Gasteiger partial charge >= 0.3 is 0 Å². The predicted octanol–water partition coefficient (Wildman–Crippen LogP) is -0.457. The van der Waals surface area contributed by atoms with Crippen molar-refractivity contribution in [3.63, 3.8) is 0 Å². The topological polar surface area (TPSA) is 105 Å². The number of rotatable bonds is 5. The summed E-state index contributed by atoms with van der Waals surface area (Å²) in [4.78, 5) is 23.0. The van der Waals surface area contributed by atoms with E-state index < -0.39 is 11.9 Å². The van der Waals surface area contributed by atoms with Gasteiger partial charge in [-0.25, -0.2) is 0 Å². The third-order valence-corrected chi connectivity index (χ3v) is 2.89. The SMILES string of the molecule is C[C@H](CC#N)[C@H](NC(=O)[C@@H]1CCOC1)C(N)=O. The summed E-state index contributed by atoms with van der Waals surface area (Å²) in [5.41, 5.74) is 5.22. The molecule has 0 aromatic heterocycles. The van der Waals surface area contributed by atoms with Crippen LogP contribution in [-0.2, 0) is 14.3 Å². The van der Waals surface area contributed by atoms with Gasteiger partial charge in [-0.3, -0.25) is 9.59 Å². The van der Waals surface area contributed by atoms with Crippen molar-refractivity contribution in [1.82, 2.24) is 5.32 Å². The molecule has 1 aliphatic rings.